The van der Waals surface area contributed by atoms with Crippen molar-refractivity contribution in [2.45, 2.75) is 0 Å². The number of nitrogens with zero attached hydrogens (tertiary/aromatic N) is 3. The number of para-hydroxylation sites is 1. The summed E-state index contributed by atoms with van der Waals surface area (Å²) in [4.78, 5) is 15.1. The van der Waals surface area contributed by atoms with Crippen LogP contribution in [0.3, 0.4) is 0 Å². The van der Waals surface area contributed by atoms with Crippen molar-refractivity contribution in [2.24, 2.45) is 5.10 Å². The van der Waals surface area contributed by atoms with Gasteiger partial charge in [-0.25, -0.2) is 4.98 Å². The number of anilines is 1. The van der Waals surface area contributed by atoms with Gasteiger partial charge in [-0.2, -0.15) is 5.10 Å². The molecule has 0 amide bonds. The van der Waals surface area contributed by atoms with E-state index in [-0.39, 0.29) is 5.69 Å². The predicted octanol–water partition coefficient (Wildman–Crippen LogP) is 4.74. The van der Waals surface area contributed by atoms with Crippen molar-refractivity contribution in [2.75, 3.05) is 5.43 Å². The lowest BCUT2D eigenvalue weighted by molar-refractivity contribution is -0.384. The molecular formula is C20H14N4O2. The van der Waals surface area contributed by atoms with Gasteiger partial charge in [-0.3, -0.25) is 15.5 Å². The molecule has 0 unspecified atom stereocenters. The quantitative estimate of drug-likeness (QED) is 0.251. The summed E-state index contributed by atoms with van der Waals surface area (Å²) in [7, 11) is 0. The molecule has 0 atom stereocenters. The van der Waals surface area contributed by atoms with Crippen LogP contribution in [-0.2, 0) is 0 Å². The monoisotopic (exact) mass is 342 g/mol. The fourth-order valence-corrected chi connectivity index (χ4v) is 2.88. The summed E-state index contributed by atoms with van der Waals surface area (Å²) in [6, 6.07) is 22.2. The van der Waals surface area contributed by atoms with Crippen molar-refractivity contribution in [3.05, 3.63) is 88.5 Å². The Morgan fingerprint density at radius 2 is 1.65 bits per heavy atom. The highest BCUT2D eigenvalue weighted by Crippen LogP contribution is 2.28. The molecule has 6 heteroatoms. The minimum atomic E-state index is -0.427. The average Bonchev–Trinajstić information content (AvgIpc) is 2.68. The number of hydrogen-bond donors (Lipinski definition) is 1. The summed E-state index contributed by atoms with van der Waals surface area (Å²) < 4.78 is 0. The lowest BCUT2D eigenvalue weighted by Gasteiger charge is -2.08. The van der Waals surface area contributed by atoms with E-state index in [1.807, 2.05) is 42.5 Å². The maximum Gasteiger partial charge on any atom is 0.270 e. The average molecular weight is 342 g/mol. The molecule has 0 saturated heterocycles. The van der Waals surface area contributed by atoms with Crippen LogP contribution in [0.25, 0.3) is 21.7 Å². The number of nitrogens with one attached hydrogen (secondary N) is 1. The third-order valence-corrected chi connectivity index (χ3v) is 4.07. The highest BCUT2D eigenvalue weighted by molar-refractivity contribution is 6.10. The number of hydrazone groups is 1. The number of hydrogen-bond acceptors (Lipinski definition) is 5. The molecular weight excluding hydrogens is 328 g/mol. The Labute approximate surface area is 149 Å². The lowest BCUT2D eigenvalue weighted by Crippen LogP contribution is -1.96. The zero-order valence-corrected chi connectivity index (χ0v) is 13.7. The molecule has 1 aromatic heterocycles. The first-order valence-electron chi connectivity index (χ1n) is 8.03. The van der Waals surface area contributed by atoms with Crippen molar-refractivity contribution in [1.29, 1.82) is 0 Å². The largest absolute Gasteiger partial charge is 0.270 e. The number of nitro groups is 1. The van der Waals surface area contributed by atoms with Crippen molar-refractivity contribution >= 4 is 39.4 Å². The highest BCUT2D eigenvalue weighted by Gasteiger charge is 2.07. The molecule has 3 aromatic carbocycles. The van der Waals surface area contributed by atoms with Gasteiger partial charge < -0.3 is 0 Å². The number of rotatable bonds is 4. The van der Waals surface area contributed by atoms with Gasteiger partial charge in [-0.05, 0) is 11.5 Å². The normalized spacial score (nSPS) is 11.2. The molecule has 126 valence electrons. The molecule has 0 aliphatic rings. The Kier molecular flexibility index (Phi) is 3.99. The standard InChI is InChI=1S/C20H14N4O2/c25-24(26)15-7-5-6-14(12-15)13-21-23-20-18-10-2-1-8-16(18)17-9-3-4-11-19(17)22-20/h1-13H,(H,22,23)/b21-13-. The maximum absolute atomic E-state index is 10.9. The topological polar surface area (TPSA) is 80.4 Å². The van der Waals surface area contributed by atoms with Crippen LogP contribution in [0, 0.1) is 10.1 Å². The Morgan fingerprint density at radius 3 is 2.46 bits per heavy atom. The van der Waals surface area contributed by atoms with Gasteiger partial charge in [0.1, 0.15) is 0 Å². The summed E-state index contributed by atoms with van der Waals surface area (Å²) in [5.74, 6) is 0.640. The Bertz CT molecular complexity index is 1150. The minimum absolute atomic E-state index is 0.0308. The number of benzene rings is 3. The van der Waals surface area contributed by atoms with Crippen LogP contribution >= 0.6 is 0 Å². The fourth-order valence-electron chi connectivity index (χ4n) is 2.88. The Hall–Kier alpha value is -3.80. The van der Waals surface area contributed by atoms with Crippen molar-refractivity contribution < 1.29 is 4.92 Å². The molecule has 0 saturated carbocycles. The van der Waals surface area contributed by atoms with Crippen molar-refractivity contribution in [3.8, 4) is 0 Å². The van der Waals surface area contributed by atoms with Gasteiger partial charge in [0, 0.05) is 28.5 Å². The predicted molar refractivity (Wildman–Crippen MR) is 104 cm³/mol. The third kappa shape index (κ3) is 2.95. The van der Waals surface area contributed by atoms with Gasteiger partial charge in [0.15, 0.2) is 5.82 Å². The molecule has 0 aliphatic carbocycles. The number of fused-ring (bicyclic) bond motifs is 3. The summed E-state index contributed by atoms with van der Waals surface area (Å²) in [5, 5.41) is 18.2. The number of nitro benzene ring substituents is 1. The van der Waals surface area contributed by atoms with Gasteiger partial charge >= 0.3 is 0 Å². The van der Waals surface area contributed by atoms with E-state index < -0.39 is 4.92 Å². The van der Waals surface area contributed by atoms with Crippen LogP contribution in [0.15, 0.2) is 77.9 Å². The Balaban J connectivity index is 1.70. The maximum atomic E-state index is 10.9. The molecule has 0 fully saturated rings. The smallest absolute Gasteiger partial charge is 0.261 e. The molecule has 4 aromatic rings. The van der Waals surface area contributed by atoms with E-state index in [1.165, 1.54) is 12.1 Å². The fraction of sp³-hybridized carbons (Fsp3) is 0. The van der Waals surface area contributed by atoms with E-state index >= 15 is 0 Å². The van der Waals surface area contributed by atoms with E-state index in [1.54, 1.807) is 18.3 Å². The van der Waals surface area contributed by atoms with Gasteiger partial charge in [-0.15, -0.1) is 0 Å². The molecule has 6 nitrogen and oxygen atoms in total. The number of aromatic nitrogens is 1. The first-order valence-corrected chi connectivity index (χ1v) is 8.03. The second kappa shape index (κ2) is 6.60. The Morgan fingerprint density at radius 1 is 0.923 bits per heavy atom. The summed E-state index contributed by atoms with van der Waals surface area (Å²) in [6.45, 7) is 0. The molecule has 0 radical (unpaired) electrons. The first-order chi connectivity index (χ1) is 12.7. The van der Waals surface area contributed by atoms with Crippen LogP contribution in [0.1, 0.15) is 5.56 Å². The van der Waals surface area contributed by atoms with Crippen LogP contribution in [0.2, 0.25) is 0 Å². The van der Waals surface area contributed by atoms with Gasteiger partial charge in [0.2, 0.25) is 0 Å². The molecule has 0 spiro atoms. The van der Waals surface area contributed by atoms with E-state index in [2.05, 4.69) is 21.6 Å². The second-order valence-corrected chi connectivity index (χ2v) is 5.75. The van der Waals surface area contributed by atoms with E-state index in [0.29, 0.717) is 11.4 Å². The van der Waals surface area contributed by atoms with Gasteiger partial charge in [-0.1, -0.05) is 54.6 Å². The molecule has 0 aliphatic heterocycles. The van der Waals surface area contributed by atoms with Crippen LogP contribution < -0.4 is 5.43 Å². The van der Waals surface area contributed by atoms with Gasteiger partial charge in [0.25, 0.3) is 5.69 Å². The zero-order chi connectivity index (χ0) is 17.9. The van der Waals surface area contributed by atoms with Crippen LogP contribution in [0.5, 0.6) is 0 Å². The van der Waals surface area contributed by atoms with Crippen LogP contribution in [-0.4, -0.2) is 16.1 Å². The highest BCUT2D eigenvalue weighted by atomic mass is 16.6. The molecule has 1 N–H and O–H groups in total. The van der Waals surface area contributed by atoms with Crippen LogP contribution in [0.4, 0.5) is 11.5 Å². The summed E-state index contributed by atoms with van der Waals surface area (Å²) in [5.41, 5.74) is 4.51. The number of pyridine rings is 1. The third-order valence-electron chi connectivity index (χ3n) is 4.07. The van der Waals surface area contributed by atoms with E-state index in [0.717, 1.165) is 21.7 Å². The van der Waals surface area contributed by atoms with E-state index in [4.69, 9.17) is 0 Å². The van der Waals surface area contributed by atoms with E-state index in [9.17, 15) is 10.1 Å². The SMILES string of the molecule is O=[N+]([O-])c1cccc(/C=N\Nc2nc3ccccc3c3ccccc23)c1. The van der Waals surface area contributed by atoms with Crippen molar-refractivity contribution in [1.82, 2.24) is 4.98 Å². The molecule has 26 heavy (non-hydrogen) atoms. The summed E-state index contributed by atoms with van der Waals surface area (Å²) >= 11 is 0. The minimum Gasteiger partial charge on any atom is -0.261 e. The molecule has 1 heterocycles. The van der Waals surface area contributed by atoms with Crippen molar-refractivity contribution in [3.63, 3.8) is 0 Å². The molecule has 0 bridgehead atoms. The molecule has 4 rings (SSSR count). The summed E-state index contributed by atoms with van der Waals surface area (Å²) in [6.07, 6.45) is 1.54. The lowest BCUT2D eigenvalue weighted by atomic mass is 10.1. The number of non-ortho nitro benzene ring substituents is 1. The van der Waals surface area contributed by atoms with Gasteiger partial charge in [0.05, 0.1) is 16.7 Å². The zero-order valence-electron chi connectivity index (χ0n) is 13.7. The first kappa shape index (κ1) is 15.7. The second-order valence-electron chi connectivity index (χ2n) is 5.75.